The van der Waals surface area contributed by atoms with Crippen molar-refractivity contribution in [3.05, 3.63) is 52.3 Å². The molecular weight excluding hydrogens is 332 g/mol. The van der Waals surface area contributed by atoms with Crippen LogP contribution in [0.2, 0.25) is 5.15 Å². The maximum absolute atomic E-state index is 11.4. The Hall–Kier alpha value is -2.31. The van der Waals surface area contributed by atoms with Gasteiger partial charge in [-0.2, -0.15) is 0 Å². The van der Waals surface area contributed by atoms with Crippen LogP contribution in [0.4, 0.5) is 11.6 Å². The first-order chi connectivity index (χ1) is 11.0. The molecule has 23 heavy (non-hydrogen) atoms. The van der Waals surface area contributed by atoms with Gasteiger partial charge in [-0.1, -0.05) is 23.7 Å². The average molecular weight is 345 g/mol. The maximum Gasteiger partial charge on any atom is 0.227 e. The zero-order chi connectivity index (χ0) is 16.4. The van der Waals surface area contributed by atoms with E-state index in [4.69, 9.17) is 11.6 Å². The van der Waals surface area contributed by atoms with Gasteiger partial charge in [0, 0.05) is 17.4 Å². The van der Waals surface area contributed by atoms with Gasteiger partial charge in [-0.05, 0) is 32.0 Å². The summed E-state index contributed by atoms with van der Waals surface area (Å²) in [6, 6.07) is 8.99. The molecule has 0 atom stereocenters. The molecule has 0 fully saturated rings. The number of rotatable bonds is 4. The normalized spacial score (nSPS) is 10.6. The minimum atomic E-state index is 0.00948. The molecule has 0 aliphatic heterocycles. The number of benzene rings is 1. The quantitative estimate of drug-likeness (QED) is 0.705. The van der Waals surface area contributed by atoms with Crippen LogP contribution in [0, 0.1) is 6.92 Å². The van der Waals surface area contributed by atoms with Crippen LogP contribution in [0.1, 0.15) is 22.3 Å². The lowest BCUT2D eigenvalue weighted by Crippen LogP contribution is -1.99. The molecule has 0 saturated carbocycles. The summed E-state index contributed by atoms with van der Waals surface area (Å²) in [5.74, 6) is 0.445. The fourth-order valence-electron chi connectivity index (χ4n) is 2.05. The van der Waals surface area contributed by atoms with Crippen LogP contribution >= 0.6 is 22.9 Å². The lowest BCUT2D eigenvalue weighted by Gasteiger charge is -2.07. The number of anilines is 2. The zero-order valence-corrected chi connectivity index (χ0v) is 14.1. The number of aromatic nitrogens is 3. The van der Waals surface area contributed by atoms with Crippen LogP contribution in [0.15, 0.2) is 36.5 Å². The third-order valence-corrected chi connectivity index (χ3v) is 4.49. The SMILES string of the molecule is CC(=O)c1cccc(Nc2nccc(-c3sc(C)nc3Cl)n2)c1. The molecule has 0 saturated heterocycles. The molecule has 0 unspecified atom stereocenters. The van der Waals surface area contributed by atoms with Crippen molar-refractivity contribution >= 4 is 40.4 Å². The maximum atomic E-state index is 11.4. The Bertz CT molecular complexity index is 878. The second-order valence-electron chi connectivity index (χ2n) is 4.88. The first-order valence-electron chi connectivity index (χ1n) is 6.87. The Kier molecular flexibility index (Phi) is 4.36. The number of carbonyl (C=O) groups is 1. The van der Waals surface area contributed by atoms with Crippen molar-refractivity contribution < 1.29 is 4.79 Å². The van der Waals surface area contributed by atoms with E-state index in [1.807, 2.05) is 19.1 Å². The van der Waals surface area contributed by atoms with Gasteiger partial charge in [0.2, 0.25) is 5.95 Å². The summed E-state index contributed by atoms with van der Waals surface area (Å²) in [4.78, 5) is 25.1. The van der Waals surface area contributed by atoms with E-state index in [2.05, 4.69) is 20.3 Å². The molecule has 116 valence electrons. The van der Waals surface area contributed by atoms with Crippen molar-refractivity contribution in [2.75, 3.05) is 5.32 Å². The van der Waals surface area contributed by atoms with Crippen molar-refractivity contribution in [3.63, 3.8) is 0 Å². The van der Waals surface area contributed by atoms with Crippen LogP contribution in [0.25, 0.3) is 10.6 Å². The van der Waals surface area contributed by atoms with Gasteiger partial charge in [0.1, 0.15) is 5.15 Å². The molecule has 3 rings (SSSR count). The van der Waals surface area contributed by atoms with Crippen molar-refractivity contribution in [1.82, 2.24) is 15.0 Å². The van der Waals surface area contributed by atoms with E-state index in [1.165, 1.54) is 18.3 Å². The average Bonchev–Trinajstić information content (AvgIpc) is 2.86. The van der Waals surface area contributed by atoms with Crippen LogP contribution in [0.3, 0.4) is 0 Å². The second kappa shape index (κ2) is 6.44. The predicted molar refractivity (Wildman–Crippen MR) is 92.6 cm³/mol. The molecule has 0 aliphatic rings. The largest absolute Gasteiger partial charge is 0.324 e. The highest BCUT2D eigenvalue weighted by molar-refractivity contribution is 7.15. The van der Waals surface area contributed by atoms with Crippen molar-refractivity contribution in [3.8, 4) is 10.6 Å². The van der Waals surface area contributed by atoms with Crippen LogP contribution in [0.5, 0.6) is 0 Å². The first-order valence-corrected chi connectivity index (χ1v) is 8.07. The van der Waals surface area contributed by atoms with Gasteiger partial charge in [-0.15, -0.1) is 11.3 Å². The zero-order valence-electron chi connectivity index (χ0n) is 12.5. The van der Waals surface area contributed by atoms with E-state index in [0.717, 1.165) is 15.6 Å². The molecule has 7 heteroatoms. The summed E-state index contributed by atoms with van der Waals surface area (Å²) in [6.07, 6.45) is 1.66. The summed E-state index contributed by atoms with van der Waals surface area (Å²) < 4.78 is 0. The van der Waals surface area contributed by atoms with Crippen molar-refractivity contribution in [2.45, 2.75) is 13.8 Å². The van der Waals surface area contributed by atoms with Crippen LogP contribution in [-0.4, -0.2) is 20.7 Å². The lowest BCUT2D eigenvalue weighted by molar-refractivity contribution is 0.101. The first kappa shape index (κ1) is 15.6. The number of aryl methyl sites for hydroxylation is 1. The van der Waals surface area contributed by atoms with Gasteiger partial charge in [0.25, 0.3) is 0 Å². The van der Waals surface area contributed by atoms with Gasteiger partial charge >= 0.3 is 0 Å². The number of Topliss-reactive ketones (excluding diaryl/α,β-unsaturated/α-hetero) is 1. The molecule has 2 aromatic heterocycles. The molecule has 1 N–H and O–H groups in total. The minimum absolute atomic E-state index is 0.00948. The van der Waals surface area contributed by atoms with Gasteiger partial charge < -0.3 is 5.32 Å². The summed E-state index contributed by atoms with van der Waals surface area (Å²) in [5, 5.41) is 4.42. The number of hydrogen-bond donors (Lipinski definition) is 1. The molecule has 0 amide bonds. The van der Waals surface area contributed by atoms with Gasteiger partial charge in [-0.3, -0.25) is 4.79 Å². The number of thiazole rings is 1. The van der Waals surface area contributed by atoms with Crippen molar-refractivity contribution in [2.24, 2.45) is 0 Å². The molecular formula is C16H13ClN4OS. The van der Waals surface area contributed by atoms with Crippen molar-refractivity contribution in [1.29, 1.82) is 0 Å². The number of hydrogen-bond acceptors (Lipinski definition) is 6. The van der Waals surface area contributed by atoms with E-state index in [1.54, 1.807) is 24.4 Å². The summed E-state index contributed by atoms with van der Waals surface area (Å²) >= 11 is 7.61. The van der Waals surface area contributed by atoms with E-state index in [-0.39, 0.29) is 5.78 Å². The molecule has 0 bridgehead atoms. The van der Waals surface area contributed by atoms with E-state index in [9.17, 15) is 4.79 Å². The highest BCUT2D eigenvalue weighted by Crippen LogP contribution is 2.32. The summed E-state index contributed by atoms with van der Waals surface area (Å²) in [5.41, 5.74) is 2.09. The van der Waals surface area contributed by atoms with E-state index < -0.39 is 0 Å². The Morgan fingerprint density at radius 3 is 2.78 bits per heavy atom. The molecule has 0 radical (unpaired) electrons. The standard InChI is InChI=1S/C16H13ClN4OS/c1-9(22)11-4-3-5-12(8-11)20-16-18-7-6-13(21-16)14-15(17)19-10(2)23-14/h3-8H,1-2H3,(H,18,20,21). The van der Waals surface area contributed by atoms with Crippen LogP contribution < -0.4 is 5.32 Å². The molecule has 3 aromatic rings. The number of nitrogens with zero attached hydrogens (tertiary/aromatic N) is 3. The topological polar surface area (TPSA) is 67.8 Å². The summed E-state index contributed by atoms with van der Waals surface area (Å²) in [6.45, 7) is 3.43. The van der Waals surface area contributed by atoms with Gasteiger partial charge in [-0.25, -0.2) is 15.0 Å². The Morgan fingerprint density at radius 2 is 2.09 bits per heavy atom. The highest BCUT2D eigenvalue weighted by atomic mass is 35.5. The number of halogens is 1. The minimum Gasteiger partial charge on any atom is -0.324 e. The van der Waals surface area contributed by atoms with Gasteiger partial charge in [0.15, 0.2) is 5.78 Å². The Morgan fingerprint density at radius 1 is 1.26 bits per heavy atom. The number of nitrogens with one attached hydrogen (secondary N) is 1. The van der Waals surface area contributed by atoms with E-state index in [0.29, 0.717) is 22.4 Å². The van der Waals surface area contributed by atoms with Crippen LogP contribution in [-0.2, 0) is 0 Å². The predicted octanol–water partition coefficient (Wildman–Crippen LogP) is 4.51. The monoisotopic (exact) mass is 344 g/mol. The summed E-state index contributed by atoms with van der Waals surface area (Å²) in [7, 11) is 0. The molecule has 5 nitrogen and oxygen atoms in total. The Balaban J connectivity index is 1.90. The fraction of sp³-hybridized carbons (Fsp3) is 0.125. The third-order valence-electron chi connectivity index (χ3n) is 3.11. The smallest absolute Gasteiger partial charge is 0.227 e. The lowest BCUT2D eigenvalue weighted by atomic mass is 10.1. The van der Waals surface area contributed by atoms with Gasteiger partial charge in [0.05, 0.1) is 15.6 Å². The molecule has 2 heterocycles. The molecule has 0 aliphatic carbocycles. The second-order valence-corrected chi connectivity index (χ2v) is 6.44. The number of ketones is 1. The fourth-order valence-corrected chi connectivity index (χ4v) is 3.22. The molecule has 0 spiro atoms. The Labute approximate surface area is 142 Å². The molecule has 1 aromatic carbocycles. The highest BCUT2D eigenvalue weighted by Gasteiger charge is 2.11. The number of carbonyl (C=O) groups excluding carboxylic acids is 1. The third kappa shape index (κ3) is 3.55. The van der Waals surface area contributed by atoms with E-state index >= 15 is 0 Å².